The number of urea groups is 1. The number of para-hydroxylation sites is 2. The Balaban J connectivity index is 1.58. The van der Waals surface area contributed by atoms with Crippen molar-refractivity contribution in [1.82, 2.24) is 5.43 Å². The van der Waals surface area contributed by atoms with Crippen LogP contribution in [0.25, 0.3) is 0 Å². The lowest BCUT2D eigenvalue weighted by Crippen LogP contribution is -2.24. The van der Waals surface area contributed by atoms with Crippen LogP contribution in [0.1, 0.15) is 21.9 Å². The molecule has 0 bridgehead atoms. The molecule has 3 rings (SSSR count). The Bertz CT molecular complexity index is 1120. The van der Waals surface area contributed by atoms with Gasteiger partial charge in [-0.3, -0.25) is 0 Å². The van der Waals surface area contributed by atoms with Crippen LogP contribution in [0.3, 0.4) is 0 Å². The van der Waals surface area contributed by atoms with Crippen LogP contribution in [0, 0.1) is 0 Å². The number of methoxy groups -OCH3 is 2. The smallest absolute Gasteiger partial charge is 0.371 e. The Hall–Kier alpha value is -4.47. The van der Waals surface area contributed by atoms with Crippen molar-refractivity contribution in [2.24, 2.45) is 5.10 Å². The van der Waals surface area contributed by atoms with Crippen molar-refractivity contribution >= 4 is 23.9 Å². The molecule has 166 valence electrons. The van der Waals surface area contributed by atoms with Gasteiger partial charge >= 0.3 is 12.0 Å². The summed E-state index contributed by atoms with van der Waals surface area (Å²) in [7, 11) is 3.00. The highest BCUT2D eigenvalue weighted by Gasteiger charge is 2.11. The summed E-state index contributed by atoms with van der Waals surface area (Å²) >= 11 is 0. The predicted octanol–water partition coefficient (Wildman–Crippen LogP) is 3.73. The number of amides is 2. The molecule has 1 heterocycles. The number of carbonyl (C=O) groups excluding carboxylic acids is 1. The summed E-state index contributed by atoms with van der Waals surface area (Å²) in [6.45, 7) is 0.0295. The van der Waals surface area contributed by atoms with Crippen LogP contribution in [0.2, 0.25) is 0 Å². The SMILES string of the molecule is COc1ccccc1NC(=O)NN=Cc1ccc(OCc2ccc(C(=O)O)o2)c(OC)c1. The second-order valence-corrected chi connectivity index (χ2v) is 6.29. The number of hydrogen-bond acceptors (Lipinski definition) is 7. The number of anilines is 1. The standard InChI is InChI=1S/C22H21N3O7/c1-29-17-6-4-3-5-16(17)24-22(28)25-23-12-14-7-9-18(20(11-14)30-2)31-13-15-8-10-19(32-15)21(26)27/h3-12H,13H2,1-2H3,(H,26,27)(H2,24,25,28). The number of benzene rings is 2. The topological polar surface area (TPSA) is 132 Å². The highest BCUT2D eigenvalue weighted by Crippen LogP contribution is 2.28. The van der Waals surface area contributed by atoms with Gasteiger partial charge in [-0.2, -0.15) is 5.10 Å². The van der Waals surface area contributed by atoms with E-state index in [9.17, 15) is 9.59 Å². The molecule has 2 amide bonds. The largest absolute Gasteiger partial charge is 0.495 e. The van der Waals surface area contributed by atoms with Gasteiger partial charge in [-0.15, -0.1) is 0 Å². The molecule has 10 nitrogen and oxygen atoms in total. The van der Waals surface area contributed by atoms with E-state index < -0.39 is 12.0 Å². The zero-order chi connectivity index (χ0) is 22.9. The number of nitrogens with one attached hydrogen (secondary N) is 2. The summed E-state index contributed by atoms with van der Waals surface area (Å²) < 4.78 is 21.3. The molecule has 0 aliphatic carbocycles. The fourth-order valence-electron chi connectivity index (χ4n) is 2.67. The first-order valence-corrected chi connectivity index (χ1v) is 9.36. The van der Waals surface area contributed by atoms with E-state index in [0.29, 0.717) is 34.3 Å². The van der Waals surface area contributed by atoms with Gasteiger partial charge < -0.3 is 29.1 Å². The molecule has 0 saturated carbocycles. The maximum atomic E-state index is 12.0. The fourth-order valence-corrected chi connectivity index (χ4v) is 2.67. The summed E-state index contributed by atoms with van der Waals surface area (Å²) in [6, 6.07) is 14.4. The molecule has 0 fully saturated rings. The summed E-state index contributed by atoms with van der Waals surface area (Å²) in [6.07, 6.45) is 1.44. The van der Waals surface area contributed by atoms with E-state index in [2.05, 4.69) is 15.8 Å². The second-order valence-electron chi connectivity index (χ2n) is 6.29. The average molecular weight is 439 g/mol. The molecule has 32 heavy (non-hydrogen) atoms. The molecule has 0 aliphatic heterocycles. The first-order valence-electron chi connectivity index (χ1n) is 9.36. The molecule has 0 spiro atoms. The summed E-state index contributed by atoms with van der Waals surface area (Å²) in [5.41, 5.74) is 3.54. The van der Waals surface area contributed by atoms with E-state index in [1.54, 1.807) is 42.5 Å². The van der Waals surface area contributed by atoms with Crippen LogP contribution in [0.5, 0.6) is 17.2 Å². The molecule has 2 aromatic carbocycles. The predicted molar refractivity (Wildman–Crippen MR) is 116 cm³/mol. The van der Waals surface area contributed by atoms with Crippen LogP contribution in [0.15, 0.2) is 64.1 Å². The summed E-state index contributed by atoms with van der Waals surface area (Å²) in [4.78, 5) is 22.9. The number of aromatic carboxylic acids is 1. The summed E-state index contributed by atoms with van der Waals surface area (Å²) in [5, 5.41) is 15.5. The van der Waals surface area contributed by atoms with Crippen LogP contribution in [-0.2, 0) is 6.61 Å². The van der Waals surface area contributed by atoms with Gasteiger partial charge in [0.05, 0.1) is 26.1 Å². The van der Waals surface area contributed by atoms with E-state index in [4.69, 9.17) is 23.7 Å². The Morgan fingerprint density at radius 2 is 1.81 bits per heavy atom. The van der Waals surface area contributed by atoms with Crippen molar-refractivity contribution in [2.75, 3.05) is 19.5 Å². The maximum absolute atomic E-state index is 12.0. The normalized spacial score (nSPS) is 10.6. The van der Waals surface area contributed by atoms with Gasteiger partial charge in [0.15, 0.2) is 11.5 Å². The second kappa shape index (κ2) is 10.5. The third-order valence-electron chi connectivity index (χ3n) is 4.16. The lowest BCUT2D eigenvalue weighted by atomic mass is 10.2. The minimum absolute atomic E-state index is 0.0295. The minimum Gasteiger partial charge on any atom is -0.495 e. The number of nitrogens with zero attached hydrogens (tertiary/aromatic N) is 1. The molecule has 0 atom stereocenters. The van der Waals surface area contributed by atoms with E-state index in [0.717, 1.165) is 0 Å². The van der Waals surface area contributed by atoms with Gasteiger partial charge in [0.2, 0.25) is 5.76 Å². The van der Waals surface area contributed by atoms with Crippen LogP contribution >= 0.6 is 0 Å². The zero-order valence-electron chi connectivity index (χ0n) is 17.3. The van der Waals surface area contributed by atoms with Crippen molar-refractivity contribution in [2.45, 2.75) is 6.61 Å². The number of hydrazone groups is 1. The molecule has 3 aromatic rings. The number of hydrogen-bond donors (Lipinski definition) is 3. The Morgan fingerprint density at radius 1 is 1.03 bits per heavy atom. The first kappa shape index (κ1) is 22.2. The summed E-state index contributed by atoms with van der Waals surface area (Å²) in [5.74, 6) is 0.435. The van der Waals surface area contributed by atoms with E-state index in [-0.39, 0.29) is 12.4 Å². The van der Waals surface area contributed by atoms with Crippen LogP contribution < -0.4 is 25.0 Å². The number of furan rings is 1. The molecule has 0 unspecified atom stereocenters. The number of rotatable bonds is 9. The van der Waals surface area contributed by atoms with Gasteiger partial charge in [-0.05, 0) is 48.0 Å². The maximum Gasteiger partial charge on any atom is 0.371 e. The molecular formula is C22H21N3O7. The van der Waals surface area contributed by atoms with E-state index in [1.165, 1.54) is 32.6 Å². The number of carbonyl (C=O) groups is 2. The number of ether oxygens (including phenoxy) is 3. The van der Waals surface area contributed by atoms with Crippen LogP contribution in [0.4, 0.5) is 10.5 Å². The van der Waals surface area contributed by atoms with Gasteiger partial charge in [-0.1, -0.05) is 12.1 Å². The van der Waals surface area contributed by atoms with Crippen LogP contribution in [-0.4, -0.2) is 37.5 Å². The molecule has 0 aliphatic rings. The van der Waals surface area contributed by atoms with Gasteiger partial charge in [-0.25, -0.2) is 15.0 Å². The van der Waals surface area contributed by atoms with Crippen molar-refractivity contribution in [1.29, 1.82) is 0 Å². The highest BCUT2D eigenvalue weighted by molar-refractivity contribution is 5.91. The Morgan fingerprint density at radius 3 is 2.53 bits per heavy atom. The third kappa shape index (κ3) is 5.79. The van der Waals surface area contributed by atoms with E-state index >= 15 is 0 Å². The monoisotopic (exact) mass is 439 g/mol. The Kier molecular flexibility index (Phi) is 7.31. The van der Waals surface area contributed by atoms with Crippen molar-refractivity contribution in [3.63, 3.8) is 0 Å². The highest BCUT2D eigenvalue weighted by atomic mass is 16.5. The zero-order valence-corrected chi connectivity index (χ0v) is 17.3. The molecule has 1 aromatic heterocycles. The lowest BCUT2D eigenvalue weighted by Gasteiger charge is -2.10. The fraction of sp³-hybridized carbons (Fsp3) is 0.136. The molecule has 3 N–H and O–H groups in total. The van der Waals surface area contributed by atoms with Gasteiger partial charge in [0, 0.05) is 0 Å². The van der Waals surface area contributed by atoms with Crippen molar-refractivity contribution in [3.8, 4) is 17.2 Å². The lowest BCUT2D eigenvalue weighted by molar-refractivity contribution is 0.0658. The molecule has 0 saturated heterocycles. The van der Waals surface area contributed by atoms with E-state index in [1.807, 2.05) is 0 Å². The van der Waals surface area contributed by atoms with Crippen molar-refractivity contribution in [3.05, 3.63) is 71.7 Å². The molecule has 0 radical (unpaired) electrons. The minimum atomic E-state index is -1.15. The number of carboxylic acid groups (broad SMARTS) is 1. The molecular weight excluding hydrogens is 418 g/mol. The molecule has 10 heteroatoms. The first-order chi connectivity index (χ1) is 15.5. The number of carboxylic acids is 1. The average Bonchev–Trinajstić information content (AvgIpc) is 3.28. The Labute approximate surface area is 183 Å². The van der Waals surface area contributed by atoms with Gasteiger partial charge in [0.1, 0.15) is 18.1 Å². The quantitative estimate of drug-likeness (QED) is 0.342. The van der Waals surface area contributed by atoms with Gasteiger partial charge in [0.25, 0.3) is 0 Å². The van der Waals surface area contributed by atoms with Crippen molar-refractivity contribution < 1.29 is 33.3 Å². The third-order valence-corrected chi connectivity index (χ3v) is 4.16.